The summed E-state index contributed by atoms with van der Waals surface area (Å²) in [5.41, 5.74) is 3.07. The molecule has 0 fully saturated rings. The highest BCUT2D eigenvalue weighted by molar-refractivity contribution is 7.89. The van der Waals surface area contributed by atoms with Crippen LogP contribution in [0.2, 0.25) is 0 Å². The monoisotopic (exact) mass is 402 g/mol. The Hall–Kier alpha value is -2.51. The quantitative estimate of drug-likeness (QED) is 0.718. The molecule has 0 bridgehead atoms. The summed E-state index contributed by atoms with van der Waals surface area (Å²) in [6, 6.07) is 11.5. The van der Waals surface area contributed by atoms with Gasteiger partial charge in [-0.05, 0) is 43.0 Å². The fraction of sp³-hybridized carbons (Fsp3) is 0.333. The van der Waals surface area contributed by atoms with Gasteiger partial charge >= 0.3 is 0 Å². The van der Waals surface area contributed by atoms with Crippen molar-refractivity contribution in [2.24, 2.45) is 0 Å². The molecule has 6 nitrogen and oxygen atoms in total. The SMILES string of the molecule is CC(=O)c1ccc(S(=O)(=O)N(C)CC(=O)Nc2c(C)cccc2C(C)C)cc1. The molecule has 0 aliphatic rings. The summed E-state index contributed by atoms with van der Waals surface area (Å²) in [5.74, 6) is -0.338. The third-order valence-corrected chi connectivity index (χ3v) is 6.34. The number of likely N-dealkylation sites (N-methyl/N-ethyl adjacent to an activating group) is 1. The Morgan fingerprint density at radius 3 is 2.21 bits per heavy atom. The molecule has 1 amide bonds. The minimum Gasteiger partial charge on any atom is -0.324 e. The van der Waals surface area contributed by atoms with E-state index in [0.717, 1.165) is 21.1 Å². The van der Waals surface area contributed by atoms with Crippen LogP contribution in [0.5, 0.6) is 0 Å². The number of ketones is 1. The number of sulfonamides is 1. The van der Waals surface area contributed by atoms with E-state index < -0.39 is 15.9 Å². The zero-order valence-electron chi connectivity index (χ0n) is 16.8. The fourth-order valence-electron chi connectivity index (χ4n) is 2.85. The normalized spacial score (nSPS) is 11.7. The van der Waals surface area contributed by atoms with E-state index in [0.29, 0.717) is 5.56 Å². The molecule has 0 aliphatic heterocycles. The number of hydrogen-bond donors (Lipinski definition) is 1. The maximum absolute atomic E-state index is 12.7. The van der Waals surface area contributed by atoms with Crippen LogP contribution in [0.15, 0.2) is 47.4 Å². The number of amides is 1. The average Bonchev–Trinajstić information content (AvgIpc) is 2.63. The van der Waals surface area contributed by atoms with Gasteiger partial charge < -0.3 is 5.32 Å². The van der Waals surface area contributed by atoms with Crippen molar-refractivity contribution in [3.8, 4) is 0 Å². The van der Waals surface area contributed by atoms with E-state index in [9.17, 15) is 18.0 Å². The van der Waals surface area contributed by atoms with E-state index >= 15 is 0 Å². The van der Waals surface area contributed by atoms with E-state index in [2.05, 4.69) is 5.32 Å². The molecule has 0 unspecified atom stereocenters. The zero-order valence-corrected chi connectivity index (χ0v) is 17.6. The van der Waals surface area contributed by atoms with Gasteiger partial charge in [0.1, 0.15) is 0 Å². The highest BCUT2D eigenvalue weighted by Gasteiger charge is 2.24. The molecule has 150 valence electrons. The number of hydrogen-bond acceptors (Lipinski definition) is 4. The summed E-state index contributed by atoms with van der Waals surface area (Å²) in [5, 5.41) is 2.85. The molecule has 0 heterocycles. The van der Waals surface area contributed by atoms with Crippen LogP contribution in [0.25, 0.3) is 0 Å². The molecule has 0 aliphatic carbocycles. The van der Waals surface area contributed by atoms with E-state index in [1.165, 1.54) is 38.2 Å². The summed E-state index contributed by atoms with van der Waals surface area (Å²) in [7, 11) is -2.49. The number of carbonyl (C=O) groups excluding carboxylic acids is 2. The number of para-hydroxylation sites is 1. The molecule has 0 radical (unpaired) electrons. The van der Waals surface area contributed by atoms with Gasteiger partial charge in [-0.1, -0.05) is 44.2 Å². The molecule has 7 heteroatoms. The lowest BCUT2D eigenvalue weighted by molar-refractivity contribution is -0.116. The summed E-state index contributed by atoms with van der Waals surface area (Å²) < 4.78 is 26.4. The number of benzene rings is 2. The highest BCUT2D eigenvalue weighted by Crippen LogP contribution is 2.27. The number of anilines is 1. The number of carbonyl (C=O) groups is 2. The fourth-order valence-corrected chi connectivity index (χ4v) is 3.98. The van der Waals surface area contributed by atoms with Gasteiger partial charge in [0.05, 0.1) is 11.4 Å². The Kier molecular flexibility index (Phi) is 6.74. The van der Waals surface area contributed by atoms with Crippen LogP contribution in [-0.2, 0) is 14.8 Å². The van der Waals surface area contributed by atoms with Crippen LogP contribution in [-0.4, -0.2) is 38.0 Å². The molecule has 2 rings (SSSR count). The van der Waals surface area contributed by atoms with Crippen molar-refractivity contribution >= 4 is 27.4 Å². The van der Waals surface area contributed by atoms with Gasteiger partial charge in [0.15, 0.2) is 5.78 Å². The molecule has 0 aromatic heterocycles. The van der Waals surface area contributed by atoms with Crippen LogP contribution in [0, 0.1) is 6.92 Å². The number of aryl methyl sites for hydroxylation is 1. The van der Waals surface area contributed by atoms with Gasteiger partial charge in [-0.3, -0.25) is 9.59 Å². The van der Waals surface area contributed by atoms with Crippen molar-refractivity contribution in [3.05, 3.63) is 59.2 Å². The Morgan fingerprint density at radius 2 is 1.68 bits per heavy atom. The third kappa shape index (κ3) is 4.85. The van der Waals surface area contributed by atoms with Crippen LogP contribution in [0.3, 0.4) is 0 Å². The van der Waals surface area contributed by atoms with Crippen molar-refractivity contribution in [2.45, 2.75) is 38.5 Å². The topological polar surface area (TPSA) is 83.6 Å². The minimum atomic E-state index is -3.84. The van der Waals surface area contributed by atoms with Gasteiger partial charge in [-0.25, -0.2) is 8.42 Å². The smallest absolute Gasteiger partial charge is 0.243 e. The van der Waals surface area contributed by atoms with Gasteiger partial charge in [0.25, 0.3) is 0 Å². The number of Topliss-reactive ketones (excluding diaryl/α,β-unsaturated/α-hetero) is 1. The first-order valence-electron chi connectivity index (χ1n) is 9.00. The van der Waals surface area contributed by atoms with Crippen molar-refractivity contribution in [2.75, 3.05) is 18.9 Å². The second-order valence-electron chi connectivity index (χ2n) is 7.08. The largest absolute Gasteiger partial charge is 0.324 e. The van der Waals surface area contributed by atoms with Crippen molar-refractivity contribution in [1.29, 1.82) is 0 Å². The zero-order chi connectivity index (χ0) is 21.1. The molecular weight excluding hydrogens is 376 g/mol. The van der Waals surface area contributed by atoms with E-state index in [-0.39, 0.29) is 23.1 Å². The van der Waals surface area contributed by atoms with Gasteiger partial charge in [0.2, 0.25) is 15.9 Å². The summed E-state index contributed by atoms with van der Waals surface area (Å²) in [6.45, 7) is 7.07. The van der Waals surface area contributed by atoms with E-state index in [4.69, 9.17) is 0 Å². The number of nitrogens with one attached hydrogen (secondary N) is 1. The molecule has 1 N–H and O–H groups in total. The predicted octanol–water partition coefficient (Wildman–Crippen LogP) is 3.58. The molecule has 0 saturated heterocycles. The number of rotatable bonds is 7. The van der Waals surface area contributed by atoms with Gasteiger partial charge in [0, 0.05) is 18.3 Å². The maximum Gasteiger partial charge on any atom is 0.243 e. The average molecular weight is 403 g/mol. The van der Waals surface area contributed by atoms with Gasteiger partial charge in [-0.15, -0.1) is 0 Å². The predicted molar refractivity (Wildman–Crippen MR) is 110 cm³/mol. The molecule has 28 heavy (non-hydrogen) atoms. The third-order valence-electron chi connectivity index (χ3n) is 4.53. The van der Waals surface area contributed by atoms with Crippen LogP contribution in [0.1, 0.15) is 48.2 Å². The Bertz CT molecular complexity index is 980. The van der Waals surface area contributed by atoms with Crippen LogP contribution >= 0.6 is 0 Å². The first-order valence-corrected chi connectivity index (χ1v) is 10.4. The van der Waals surface area contributed by atoms with Crippen molar-refractivity contribution in [3.63, 3.8) is 0 Å². The maximum atomic E-state index is 12.7. The molecule has 2 aromatic rings. The molecule has 0 spiro atoms. The summed E-state index contributed by atoms with van der Waals surface area (Å²) in [6.07, 6.45) is 0. The molecule has 2 aromatic carbocycles. The second-order valence-corrected chi connectivity index (χ2v) is 9.13. The van der Waals surface area contributed by atoms with Crippen molar-refractivity contribution in [1.82, 2.24) is 4.31 Å². The van der Waals surface area contributed by atoms with Gasteiger partial charge in [-0.2, -0.15) is 4.31 Å². The number of nitrogens with zero attached hydrogens (tertiary/aromatic N) is 1. The molecule has 0 atom stereocenters. The molecular formula is C21H26N2O4S. The van der Waals surface area contributed by atoms with Crippen molar-refractivity contribution < 1.29 is 18.0 Å². The summed E-state index contributed by atoms with van der Waals surface area (Å²) >= 11 is 0. The van der Waals surface area contributed by atoms with Crippen LogP contribution < -0.4 is 5.32 Å². The standard InChI is InChI=1S/C21H26N2O4S/c1-14(2)19-8-6-7-15(3)21(19)22-20(25)13-23(5)28(26,27)18-11-9-17(10-12-18)16(4)24/h6-12,14H,13H2,1-5H3,(H,22,25). The van der Waals surface area contributed by atoms with Crippen LogP contribution in [0.4, 0.5) is 5.69 Å². The Morgan fingerprint density at radius 1 is 1.07 bits per heavy atom. The minimum absolute atomic E-state index is 0.0339. The Balaban J connectivity index is 2.17. The first kappa shape index (κ1) is 21.8. The lowest BCUT2D eigenvalue weighted by Gasteiger charge is -2.20. The summed E-state index contributed by atoms with van der Waals surface area (Å²) in [4.78, 5) is 23.9. The first-order chi connectivity index (χ1) is 13.0. The lowest BCUT2D eigenvalue weighted by Crippen LogP contribution is -2.35. The van der Waals surface area contributed by atoms with E-state index in [1.807, 2.05) is 39.0 Å². The van der Waals surface area contributed by atoms with E-state index in [1.54, 1.807) is 0 Å². The molecule has 0 saturated carbocycles. The highest BCUT2D eigenvalue weighted by atomic mass is 32.2. The lowest BCUT2D eigenvalue weighted by atomic mass is 9.98. The Labute approximate surface area is 166 Å². The second kappa shape index (κ2) is 8.67.